The van der Waals surface area contributed by atoms with Crippen LogP contribution < -0.4 is 5.56 Å². The number of nitrogens with zero attached hydrogens (tertiary/aromatic N) is 3. The first kappa shape index (κ1) is 15.7. The van der Waals surface area contributed by atoms with Gasteiger partial charge in [0, 0.05) is 17.7 Å². The molecule has 0 saturated heterocycles. The second-order valence-corrected chi connectivity index (χ2v) is 6.53. The van der Waals surface area contributed by atoms with Gasteiger partial charge >= 0.3 is 0 Å². The van der Waals surface area contributed by atoms with Crippen LogP contribution in [0.25, 0.3) is 5.70 Å². The number of fused-ring (bicyclic) bond motifs is 1. The van der Waals surface area contributed by atoms with Crippen LogP contribution in [0.1, 0.15) is 30.5 Å². The van der Waals surface area contributed by atoms with E-state index in [1.54, 1.807) is 12.1 Å². The molecule has 0 spiro atoms. The minimum absolute atomic E-state index is 0.156. The van der Waals surface area contributed by atoms with Crippen LogP contribution in [0, 0.1) is 26.9 Å². The number of rotatable bonds is 2. The van der Waals surface area contributed by atoms with Crippen LogP contribution in [0.3, 0.4) is 0 Å². The zero-order valence-corrected chi connectivity index (χ0v) is 13.3. The molecule has 1 aromatic carbocycles. The summed E-state index contributed by atoms with van der Waals surface area (Å²) < 4.78 is 1.29. The number of nitro groups is 1. The maximum Gasteiger partial charge on any atom is 0.286 e. The van der Waals surface area contributed by atoms with Crippen LogP contribution in [-0.4, -0.2) is 9.49 Å². The van der Waals surface area contributed by atoms with Gasteiger partial charge in [0.2, 0.25) is 0 Å². The van der Waals surface area contributed by atoms with Crippen molar-refractivity contribution in [2.24, 2.45) is 5.41 Å². The Hall–Kier alpha value is -3.20. The first-order valence-corrected chi connectivity index (χ1v) is 7.44. The summed E-state index contributed by atoms with van der Waals surface area (Å²) >= 11 is 0. The summed E-state index contributed by atoms with van der Waals surface area (Å²) in [6.45, 7) is 4.08. The lowest BCUT2D eigenvalue weighted by molar-refractivity contribution is -0.385. The van der Waals surface area contributed by atoms with Crippen molar-refractivity contribution in [1.29, 1.82) is 5.26 Å². The number of benzene rings is 1. The monoisotopic (exact) mass is 321 g/mol. The van der Waals surface area contributed by atoms with E-state index in [0.717, 1.165) is 17.5 Å². The molecule has 0 N–H and O–H groups in total. The van der Waals surface area contributed by atoms with E-state index in [-0.39, 0.29) is 16.7 Å². The second-order valence-electron chi connectivity index (χ2n) is 6.53. The molecule has 3 rings (SSSR count). The van der Waals surface area contributed by atoms with Crippen LogP contribution in [0.2, 0.25) is 0 Å². The highest BCUT2D eigenvalue weighted by molar-refractivity contribution is 5.73. The molecule has 0 radical (unpaired) electrons. The van der Waals surface area contributed by atoms with E-state index >= 15 is 0 Å². The Morgan fingerprint density at radius 2 is 2.04 bits per heavy atom. The normalized spacial score (nSPS) is 15.1. The van der Waals surface area contributed by atoms with Gasteiger partial charge in [0.05, 0.1) is 28.4 Å². The molecule has 0 aliphatic heterocycles. The molecule has 1 aromatic heterocycles. The number of aromatic nitrogens is 1. The number of pyridine rings is 1. The number of hydrogen-bond donors (Lipinski definition) is 0. The maximum absolute atomic E-state index is 12.3. The second kappa shape index (κ2) is 5.46. The van der Waals surface area contributed by atoms with Crippen LogP contribution in [0.5, 0.6) is 0 Å². The Morgan fingerprint density at radius 1 is 1.29 bits per heavy atom. The van der Waals surface area contributed by atoms with Crippen molar-refractivity contribution in [1.82, 2.24) is 4.57 Å². The largest absolute Gasteiger partial charge is 0.286 e. The minimum atomic E-state index is -0.531. The van der Waals surface area contributed by atoms with E-state index in [1.165, 1.54) is 22.9 Å². The lowest BCUT2D eigenvalue weighted by atomic mass is 9.77. The first-order valence-electron chi connectivity index (χ1n) is 7.44. The van der Waals surface area contributed by atoms with E-state index in [2.05, 4.69) is 6.07 Å². The van der Waals surface area contributed by atoms with Crippen LogP contribution in [-0.2, 0) is 6.42 Å². The van der Waals surface area contributed by atoms with E-state index in [4.69, 9.17) is 5.26 Å². The summed E-state index contributed by atoms with van der Waals surface area (Å²) in [5.41, 5.74) is 2.12. The zero-order valence-electron chi connectivity index (χ0n) is 13.3. The minimum Gasteiger partial charge on any atom is -0.277 e. The van der Waals surface area contributed by atoms with E-state index in [1.807, 2.05) is 26.0 Å². The van der Waals surface area contributed by atoms with Crippen molar-refractivity contribution in [3.63, 3.8) is 0 Å². The van der Waals surface area contributed by atoms with Gasteiger partial charge in [0.1, 0.15) is 0 Å². The molecular weight excluding hydrogens is 306 g/mol. The fourth-order valence-corrected chi connectivity index (χ4v) is 3.00. The summed E-state index contributed by atoms with van der Waals surface area (Å²) in [7, 11) is 0. The molecule has 2 aromatic rings. The van der Waals surface area contributed by atoms with Crippen molar-refractivity contribution in [2.45, 2.75) is 20.3 Å². The molecule has 1 heterocycles. The van der Waals surface area contributed by atoms with E-state index < -0.39 is 4.92 Å². The number of hydrogen-bond acceptors (Lipinski definition) is 4. The molecular formula is C18H15N3O3. The Kier molecular flexibility index (Phi) is 3.57. The predicted molar refractivity (Wildman–Crippen MR) is 89.4 cm³/mol. The fraction of sp³-hybridized carbons (Fsp3) is 0.222. The van der Waals surface area contributed by atoms with Crippen molar-refractivity contribution >= 4 is 11.4 Å². The summed E-state index contributed by atoms with van der Waals surface area (Å²) in [6, 6.07) is 9.82. The quantitative estimate of drug-likeness (QED) is 0.628. The van der Waals surface area contributed by atoms with Gasteiger partial charge in [-0.25, -0.2) is 0 Å². The van der Waals surface area contributed by atoms with Crippen molar-refractivity contribution < 1.29 is 4.92 Å². The Morgan fingerprint density at radius 3 is 2.71 bits per heavy atom. The third-order valence-corrected chi connectivity index (χ3v) is 4.05. The molecule has 24 heavy (non-hydrogen) atoms. The van der Waals surface area contributed by atoms with Gasteiger partial charge in [-0.05, 0) is 29.5 Å². The summed E-state index contributed by atoms with van der Waals surface area (Å²) in [6.07, 6.45) is 3.93. The van der Waals surface area contributed by atoms with Gasteiger partial charge in [-0.2, -0.15) is 5.26 Å². The molecule has 0 fully saturated rings. The summed E-state index contributed by atoms with van der Waals surface area (Å²) in [4.78, 5) is 22.8. The smallest absolute Gasteiger partial charge is 0.277 e. The van der Waals surface area contributed by atoms with Gasteiger partial charge in [-0.15, -0.1) is 0 Å². The molecule has 0 bridgehead atoms. The van der Waals surface area contributed by atoms with Gasteiger partial charge in [0.25, 0.3) is 11.2 Å². The number of allylic oxidation sites excluding steroid dienone is 1. The number of nitriles is 1. The van der Waals surface area contributed by atoms with Gasteiger partial charge in [0.15, 0.2) is 0 Å². The maximum atomic E-state index is 12.3. The molecule has 0 amide bonds. The van der Waals surface area contributed by atoms with Crippen molar-refractivity contribution in [3.8, 4) is 6.07 Å². The lowest BCUT2D eigenvalue weighted by Crippen LogP contribution is -2.25. The Labute approximate surface area is 138 Å². The SMILES string of the molecule is CC1(C)C=C(n2cc([N+](=O)[O-])ccc2=O)c2cc(C#N)ccc2C1. The van der Waals surface area contributed by atoms with Gasteiger partial charge in [-0.1, -0.05) is 26.0 Å². The van der Waals surface area contributed by atoms with E-state index in [0.29, 0.717) is 11.3 Å². The highest BCUT2D eigenvalue weighted by Crippen LogP contribution is 2.37. The van der Waals surface area contributed by atoms with Gasteiger partial charge in [-0.3, -0.25) is 19.5 Å². The average molecular weight is 321 g/mol. The average Bonchev–Trinajstić information content (AvgIpc) is 2.53. The first-order chi connectivity index (χ1) is 11.3. The third-order valence-electron chi connectivity index (χ3n) is 4.05. The highest BCUT2D eigenvalue weighted by atomic mass is 16.6. The summed E-state index contributed by atoms with van der Waals surface area (Å²) in [5, 5.41) is 20.2. The molecule has 120 valence electrons. The Bertz CT molecular complexity index is 978. The molecule has 0 atom stereocenters. The van der Waals surface area contributed by atoms with E-state index in [9.17, 15) is 14.9 Å². The summed E-state index contributed by atoms with van der Waals surface area (Å²) in [5.74, 6) is 0. The van der Waals surface area contributed by atoms with Crippen LogP contribution in [0.15, 0.2) is 47.4 Å². The highest BCUT2D eigenvalue weighted by Gasteiger charge is 2.27. The molecule has 0 saturated carbocycles. The van der Waals surface area contributed by atoms with Gasteiger partial charge < -0.3 is 0 Å². The molecule has 6 nitrogen and oxygen atoms in total. The predicted octanol–water partition coefficient (Wildman–Crippen LogP) is 3.10. The Balaban J connectivity index is 2.29. The molecule has 0 unspecified atom stereocenters. The fourth-order valence-electron chi connectivity index (χ4n) is 3.00. The lowest BCUT2D eigenvalue weighted by Gasteiger charge is -2.30. The standard InChI is InChI=1S/C18H15N3O3/c1-18(2)8-13-4-3-12(10-19)7-15(13)16(9-18)20-11-14(21(23)24)5-6-17(20)22/h3-7,9,11H,8H2,1-2H3. The van der Waals surface area contributed by atoms with Crippen molar-refractivity contribution in [2.75, 3.05) is 0 Å². The van der Waals surface area contributed by atoms with Crippen LogP contribution >= 0.6 is 0 Å². The van der Waals surface area contributed by atoms with Crippen LogP contribution in [0.4, 0.5) is 5.69 Å². The van der Waals surface area contributed by atoms with Crippen molar-refractivity contribution in [3.05, 3.63) is 79.8 Å². The zero-order chi connectivity index (χ0) is 17.5. The molecule has 6 heteroatoms. The molecule has 1 aliphatic rings. The topological polar surface area (TPSA) is 88.9 Å². The third kappa shape index (κ3) is 2.72. The molecule has 1 aliphatic carbocycles.